The second-order valence-electron chi connectivity index (χ2n) is 9.23. The summed E-state index contributed by atoms with van der Waals surface area (Å²) in [7, 11) is -3.54. The second kappa shape index (κ2) is 11.3. The van der Waals surface area contributed by atoms with Crippen molar-refractivity contribution in [3.8, 4) is 0 Å². The molecule has 0 radical (unpaired) electrons. The van der Waals surface area contributed by atoms with E-state index in [2.05, 4.69) is 10.2 Å². The number of piperidine rings is 1. The van der Waals surface area contributed by atoms with Gasteiger partial charge in [-0.3, -0.25) is 14.5 Å². The predicted molar refractivity (Wildman–Crippen MR) is 134 cm³/mol. The number of sulfonamides is 1. The van der Waals surface area contributed by atoms with Crippen molar-refractivity contribution in [2.75, 3.05) is 39.3 Å². The van der Waals surface area contributed by atoms with Crippen LogP contribution in [0.1, 0.15) is 25.3 Å². The molecule has 8 nitrogen and oxygen atoms in total. The summed E-state index contributed by atoms with van der Waals surface area (Å²) in [6.07, 6.45) is 1.45. The Hall–Kier alpha value is -2.75. The van der Waals surface area contributed by atoms with Gasteiger partial charge in [0.05, 0.1) is 10.9 Å². The van der Waals surface area contributed by atoms with Crippen molar-refractivity contribution >= 4 is 21.8 Å². The number of amides is 2. The standard InChI is InChI=1S/C26H34N4O4S/c1-21(28-14-12-23(13-15-28)25(31)27-20-22-8-4-2-5-9-22)26(32)29-16-18-30(19-17-29)35(33,34)24-10-6-3-7-11-24/h2-11,21,23H,12-20H2,1H3,(H,27,31). The lowest BCUT2D eigenvalue weighted by molar-refractivity contribution is -0.138. The molecule has 188 valence electrons. The van der Waals surface area contributed by atoms with Gasteiger partial charge >= 0.3 is 0 Å². The molecule has 4 rings (SSSR count). The second-order valence-corrected chi connectivity index (χ2v) is 11.2. The van der Waals surface area contributed by atoms with E-state index in [1.165, 1.54) is 4.31 Å². The molecule has 0 aromatic heterocycles. The Kier molecular flexibility index (Phi) is 8.20. The predicted octanol–water partition coefficient (Wildman–Crippen LogP) is 1.94. The van der Waals surface area contributed by atoms with Crippen LogP contribution in [-0.2, 0) is 26.2 Å². The molecule has 2 fully saturated rings. The number of rotatable bonds is 7. The third kappa shape index (κ3) is 6.09. The molecule has 0 saturated carbocycles. The van der Waals surface area contributed by atoms with E-state index >= 15 is 0 Å². The van der Waals surface area contributed by atoms with Crippen LogP contribution in [0.15, 0.2) is 65.6 Å². The van der Waals surface area contributed by atoms with Gasteiger partial charge in [0.2, 0.25) is 21.8 Å². The molecule has 2 aromatic carbocycles. The fourth-order valence-corrected chi connectivity index (χ4v) is 6.23. The fraction of sp³-hybridized carbons (Fsp3) is 0.462. The van der Waals surface area contributed by atoms with Gasteiger partial charge in [0.1, 0.15) is 0 Å². The summed E-state index contributed by atoms with van der Waals surface area (Å²) in [5, 5.41) is 3.03. The van der Waals surface area contributed by atoms with E-state index in [0.717, 1.165) is 18.4 Å². The number of likely N-dealkylation sites (tertiary alicyclic amines) is 1. The molecule has 35 heavy (non-hydrogen) atoms. The molecule has 1 atom stereocenters. The monoisotopic (exact) mass is 498 g/mol. The van der Waals surface area contributed by atoms with Gasteiger partial charge < -0.3 is 10.2 Å². The number of hydrogen-bond acceptors (Lipinski definition) is 5. The van der Waals surface area contributed by atoms with Crippen molar-refractivity contribution in [2.45, 2.75) is 37.2 Å². The average Bonchev–Trinajstić information content (AvgIpc) is 2.92. The minimum Gasteiger partial charge on any atom is -0.352 e. The Morgan fingerprint density at radius 3 is 2.06 bits per heavy atom. The van der Waals surface area contributed by atoms with E-state index < -0.39 is 10.0 Å². The Balaban J connectivity index is 1.23. The number of benzene rings is 2. The summed E-state index contributed by atoms with van der Waals surface area (Å²) < 4.78 is 27.1. The highest BCUT2D eigenvalue weighted by Gasteiger charge is 2.34. The lowest BCUT2D eigenvalue weighted by Crippen LogP contribution is -2.56. The average molecular weight is 499 g/mol. The number of hydrogen-bond donors (Lipinski definition) is 1. The lowest BCUT2D eigenvalue weighted by atomic mass is 9.94. The molecule has 2 aromatic rings. The SMILES string of the molecule is CC(C(=O)N1CCN(S(=O)(=O)c2ccccc2)CC1)N1CCC(C(=O)NCc2ccccc2)CC1. The van der Waals surface area contributed by atoms with Crippen molar-refractivity contribution in [3.05, 3.63) is 66.2 Å². The van der Waals surface area contributed by atoms with Gasteiger partial charge in [0.15, 0.2) is 0 Å². The van der Waals surface area contributed by atoms with Crippen molar-refractivity contribution in [1.82, 2.24) is 19.4 Å². The molecule has 2 amide bonds. The van der Waals surface area contributed by atoms with Gasteiger partial charge in [0, 0.05) is 38.6 Å². The summed E-state index contributed by atoms with van der Waals surface area (Å²) in [5.74, 6) is 0.0565. The topological polar surface area (TPSA) is 90.0 Å². The van der Waals surface area contributed by atoms with Crippen LogP contribution in [0.3, 0.4) is 0 Å². The van der Waals surface area contributed by atoms with Gasteiger partial charge in [-0.15, -0.1) is 0 Å². The molecule has 2 aliphatic rings. The van der Waals surface area contributed by atoms with Gasteiger partial charge in [-0.1, -0.05) is 48.5 Å². The Labute approximate surface area is 207 Å². The molecule has 0 spiro atoms. The van der Waals surface area contributed by atoms with Crippen LogP contribution in [0.25, 0.3) is 0 Å². The van der Waals surface area contributed by atoms with Gasteiger partial charge in [0.25, 0.3) is 0 Å². The van der Waals surface area contributed by atoms with E-state index in [1.807, 2.05) is 37.3 Å². The summed E-state index contributed by atoms with van der Waals surface area (Å²) in [6, 6.07) is 18.0. The first-order valence-electron chi connectivity index (χ1n) is 12.3. The molecule has 2 saturated heterocycles. The van der Waals surface area contributed by atoms with Crippen molar-refractivity contribution in [3.63, 3.8) is 0 Å². The van der Waals surface area contributed by atoms with Crippen LogP contribution < -0.4 is 5.32 Å². The minimum absolute atomic E-state index is 0.0220. The highest BCUT2D eigenvalue weighted by Crippen LogP contribution is 2.22. The van der Waals surface area contributed by atoms with Crippen molar-refractivity contribution in [1.29, 1.82) is 0 Å². The van der Waals surface area contributed by atoms with Gasteiger partial charge in [-0.25, -0.2) is 8.42 Å². The zero-order valence-corrected chi connectivity index (χ0v) is 21.0. The van der Waals surface area contributed by atoms with E-state index in [-0.39, 0.29) is 28.7 Å². The Morgan fingerprint density at radius 1 is 0.886 bits per heavy atom. The van der Waals surface area contributed by atoms with Crippen LogP contribution in [0, 0.1) is 5.92 Å². The number of nitrogens with zero attached hydrogens (tertiary/aromatic N) is 3. The number of nitrogens with one attached hydrogen (secondary N) is 1. The van der Waals surface area contributed by atoms with E-state index in [4.69, 9.17) is 0 Å². The molecule has 1 N–H and O–H groups in total. The van der Waals surface area contributed by atoms with Gasteiger partial charge in [-0.2, -0.15) is 4.31 Å². The molecule has 2 heterocycles. The fourth-order valence-electron chi connectivity index (χ4n) is 4.79. The maximum atomic E-state index is 13.1. The summed E-state index contributed by atoms with van der Waals surface area (Å²) in [5.41, 5.74) is 1.08. The molecule has 1 unspecified atom stereocenters. The van der Waals surface area contributed by atoms with Crippen LogP contribution >= 0.6 is 0 Å². The minimum atomic E-state index is -3.54. The summed E-state index contributed by atoms with van der Waals surface area (Å²) in [4.78, 5) is 29.9. The van der Waals surface area contributed by atoms with Crippen LogP contribution in [0.2, 0.25) is 0 Å². The number of carbonyl (C=O) groups excluding carboxylic acids is 2. The Bertz CT molecular complexity index is 1090. The zero-order chi connectivity index (χ0) is 24.8. The molecule has 2 aliphatic heterocycles. The smallest absolute Gasteiger partial charge is 0.243 e. The zero-order valence-electron chi connectivity index (χ0n) is 20.2. The molecule has 0 bridgehead atoms. The number of piperazine rings is 1. The first-order valence-corrected chi connectivity index (χ1v) is 13.7. The maximum absolute atomic E-state index is 13.1. The highest BCUT2D eigenvalue weighted by molar-refractivity contribution is 7.89. The van der Waals surface area contributed by atoms with E-state index in [0.29, 0.717) is 45.8 Å². The van der Waals surface area contributed by atoms with Crippen molar-refractivity contribution in [2.24, 2.45) is 5.92 Å². The molecular formula is C26H34N4O4S. The lowest BCUT2D eigenvalue weighted by Gasteiger charge is -2.39. The Morgan fingerprint density at radius 2 is 1.46 bits per heavy atom. The van der Waals surface area contributed by atoms with Gasteiger partial charge in [-0.05, 0) is 50.6 Å². The third-order valence-corrected chi connectivity index (χ3v) is 8.96. The van der Waals surface area contributed by atoms with Crippen LogP contribution in [0.4, 0.5) is 0 Å². The largest absolute Gasteiger partial charge is 0.352 e. The first-order chi connectivity index (χ1) is 16.9. The maximum Gasteiger partial charge on any atom is 0.243 e. The molecule has 9 heteroatoms. The van der Waals surface area contributed by atoms with Crippen LogP contribution in [0.5, 0.6) is 0 Å². The molecular weight excluding hydrogens is 464 g/mol. The molecule has 0 aliphatic carbocycles. The quantitative estimate of drug-likeness (QED) is 0.630. The number of carbonyl (C=O) groups is 2. The summed E-state index contributed by atoms with van der Waals surface area (Å²) in [6.45, 7) is 5.17. The van der Waals surface area contributed by atoms with Crippen LogP contribution in [-0.4, -0.2) is 79.6 Å². The summed E-state index contributed by atoms with van der Waals surface area (Å²) >= 11 is 0. The van der Waals surface area contributed by atoms with Crippen molar-refractivity contribution < 1.29 is 18.0 Å². The van der Waals surface area contributed by atoms with E-state index in [1.54, 1.807) is 35.2 Å². The highest BCUT2D eigenvalue weighted by atomic mass is 32.2. The van der Waals surface area contributed by atoms with E-state index in [9.17, 15) is 18.0 Å². The third-order valence-electron chi connectivity index (χ3n) is 7.05. The first kappa shape index (κ1) is 25.3. The normalized spacial score (nSPS) is 19.3.